The lowest BCUT2D eigenvalue weighted by atomic mass is 9.42. The van der Waals surface area contributed by atoms with Crippen molar-refractivity contribution >= 4 is 8.32 Å². The fraction of sp³-hybridized carbons (Fsp3) is 0.867. The van der Waals surface area contributed by atoms with E-state index in [-0.39, 0.29) is 22.3 Å². The van der Waals surface area contributed by atoms with Crippen LogP contribution in [-0.2, 0) is 4.43 Å². The summed E-state index contributed by atoms with van der Waals surface area (Å²) in [4.78, 5) is 0. The Bertz CT molecular complexity index is 747. The molecule has 6 unspecified atom stereocenters. The van der Waals surface area contributed by atoms with Crippen LogP contribution >= 0.6 is 0 Å². The molecule has 1 N–H and O–H groups in total. The molecule has 3 aliphatic rings. The van der Waals surface area contributed by atoms with E-state index in [1.54, 1.807) is 0 Å². The zero-order valence-corrected chi connectivity index (χ0v) is 24.7. The van der Waals surface area contributed by atoms with Crippen molar-refractivity contribution in [3.05, 3.63) is 24.5 Å². The van der Waals surface area contributed by atoms with Crippen LogP contribution in [0.4, 0.5) is 0 Å². The zero-order valence-electron chi connectivity index (χ0n) is 23.7. The quantitative estimate of drug-likeness (QED) is 0.308. The van der Waals surface area contributed by atoms with E-state index in [9.17, 15) is 5.11 Å². The first-order valence-corrected chi connectivity index (χ1v) is 16.0. The van der Waals surface area contributed by atoms with Crippen molar-refractivity contribution in [1.29, 1.82) is 0 Å². The molecular formula is C30H54O2Si. The summed E-state index contributed by atoms with van der Waals surface area (Å²) < 4.78 is 7.47. The van der Waals surface area contributed by atoms with Gasteiger partial charge in [-0.2, -0.15) is 0 Å². The lowest BCUT2D eigenvalue weighted by Gasteiger charge is -2.63. The van der Waals surface area contributed by atoms with Crippen molar-refractivity contribution in [1.82, 2.24) is 0 Å². The Morgan fingerprint density at radius 2 is 1.58 bits per heavy atom. The van der Waals surface area contributed by atoms with Gasteiger partial charge in [-0.25, -0.2) is 0 Å². The highest BCUT2D eigenvalue weighted by molar-refractivity contribution is 6.77. The Kier molecular flexibility index (Phi) is 7.25. The first-order chi connectivity index (χ1) is 15.1. The highest BCUT2D eigenvalue weighted by Gasteiger charge is 2.66. The van der Waals surface area contributed by atoms with Gasteiger partial charge in [-0.1, -0.05) is 82.2 Å². The average molecular weight is 475 g/mol. The Balaban J connectivity index is 2.18. The summed E-state index contributed by atoms with van der Waals surface area (Å²) in [6.07, 6.45) is 8.61. The minimum absolute atomic E-state index is 0.0506. The number of aliphatic hydroxyl groups excluding tert-OH is 1. The Labute approximate surface area is 206 Å². The van der Waals surface area contributed by atoms with Crippen LogP contribution in [0.2, 0.25) is 16.6 Å². The van der Waals surface area contributed by atoms with Gasteiger partial charge in [-0.15, -0.1) is 6.58 Å². The lowest BCUT2D eigenvalue weighted by Crippen LogP contribution is -2.61. The molecule has 3 aliphatic carbocycles. The van der Waals surface area contributed by atoms with Gasteiger partial charge >= 0.3 is 0 Å². The molecule has 33 heavy (non-hydrogen) atoms. The summed E-state index contributed by atoms with van der Waals surface area (Å²) in [5.74, 6) is 3.06. The smallest absolute Gasteiger partial charge is 0.258 e. The summed E-state index contributed by atoms with van der Waals surface area (Å²) in [5.41, 5.74) is 1.61. The molecule has 0 heterocycles. The molecule has 190 valence electrons. The largest absolute Gasteiger partial charge is 0.546 e. The Morgan fingerprint density at radius 1 is 1.03 bits per heavy atom. The molecular weight excluding hydrogens is 420 g/mol. The third-order valence-corrected chi connectivity index (χ3v) is 17.8. The predicted octanol–water partition coefficient (Wildman–Crippen LogP) is 8.73. The van der Waals surface area contributed by atoms with E-state index >= 15 is 0 Å². The van der Waals surface area contributed by atoms with E-state index in [0.717, 1.165) is 12.8 Å². The van der Waals surface area contributed by atoms with E-state index in [0.29, 0.717) is 40.3 Å². The summed E-state index contributed by atoms with van der Waals surface area (Å²) in [6, 6.07) is 0. The molecule has 2 fully saturated rings. The zero-order chi connectivity index (χ0) is 25.1. The molecule has 2 saturated carbocycles. The summed E-state index contributed by atoms with van der Waals surface area (Å²) in [5, 5.41) is 12.0. The third-order valence-electron chi connectivity index (χ3n) is 11.8. The van der Waals surface area contributed by atoms with Crippen LogP contribution in [0.1, 0.15) is 102 Å². The van der Waals surface area contributed by atoms with Gasteiger partial charge in [0.15, 0.2) is 0 Å². The second kappa shape index (κ2) is 8.84. The normalized spacial score (nSPS) is 43.8. The van der Waals surface area contributed by atoms with Crippen LogP contribution in [0.5, 0.6) is 0 Å². The highest BCUT2D eigenvalue weighted by atomic mass is 28.4. The van der Waals surface area contributed by atoms with E-state index in [2.05, 4.69) is 94.9 Å². The van der Waals surface area contributed by atoms with E-state index < -0.39 is 8.32 Å². The summed E-state index contributed by atoms with van der Waals surface area (Å²) >= 11 is 0. The van der Waals surface area contributed by atoms with Crippen LogP contribution in [0, 0.1) is 39.9 Å². The van der Waals surface area contributed by atoms with Crippen molar-refractivity contribution in [2.75, 3.05) is 0 Å². The second-order valence-electron chi connectivity index (χ2n) is 13.7. The molecule has 3 heteroatoms. The molecule has 0 radical (unpaired) electrons. The molecule has 0 aromatic carbocycles. The van der Waals surface area contributed by atoms with Gasteiger partial charge in [-0.05, 0) is 77.0 Å². The van der Waals surface area contributed by atoms with Crippen molar-refractivity contribution in [2.45, 2.75) is 125 Å². The fourth-order valence-electron chi connectivity index (χ4n) is 9.08. The maximum Gasteiger partial charge on any atom is 0.258 e. The molecule has 0 spiro atoms. The molecule has 8 atom stereocenters. The number of aliphatic hydroxyl groups is 1. The van der Waals surface area contributed by atoms with Crippen molar-refractivity contribution < 1.29 is 9.53 Å². The maximum absolute atomic E-state index is 12.0. The van der Waals surface area contributed by atoms with Crippen molar-refractivity contribution in [3.8, 4) is 0 Å². The van der Waals surface area contributed by atoms with Gasteiger partial charge in [0.05, 0.1) is 11.9 Å². The first-order valence-electron chi connectivity index (χ1n) is 13.9. The van der Waals surface area contributed by atoms with Crippen LogP contribution in [0.3, 0.4) is 0 Å². The topological polar surface area (TPSA) is 29.5 Å². The number of hydrogen-bond acceptors (Lipinski definition) is 2. The van der Waals surface area contributed by atoms with Gasteiger partial charge in [0.25, 0.3) is 8.32 Å². The van der Waals surface area contributed by atoms with E-state index in [4.69, 9.17) is 4.43 Å². The van der Waals surface area contributed by atoms with Crippen LogP contribution in [0.25, 0.3) is 0 Å². The van der Waals surface area contributed by atoms with E-state index in [1.165, 1.54) is 18.6 Å². The molecule has 0 aliphatic heterocycles. The predicted molar refractivity (Wildman–Crippen MR) is 145 cm³/mol. The number of rotatable bonds is 6. The minimum atomic E-state index is -2.07. The molecule has 0 saturated heterocycles. The molecule has 0 amide bonds. The van der Waals surface area contributed by atoms with Crippen LogP contribution in [0.15, 0.2) is 24.5 Å². The minimum Gasteiger partial charge on any atom is -0.546 e. The monoisotopic (exact) mass is 474 g/mol. The van der Waals surface area contributed by atoms with Gasteiger partial charge in [-0.3, -0.25) is 0 Å². The van der Waals surface area contributed by atoms with Gasteiger partial charge in [0.2, 0.25) is 0 Å². The molecule has 2 nitrogen and oxygen atoms in total. The van der Waals surface area contributed by atoms with E-state index in [1.807, 2.05) is 0 Å². The Morgan fingerprint density at radius 3 is 2.06 bits per heavy atom. The number of allylic oxidation sites excluding steroid dienone is 3. The Hall–Kier alpha value is -0.543. The molecule has 0 aromatic heterocycles. The lowest BCUT2D eigenvalue weighted by molar-refractivity contribution is -0.173. The standard InChI is InChI=1S/C30H54O2Si/c1-13-28(11)18-26(31)29(12)22(8)14-16-30(24(10)23(28)9)17-15-25(27(29)30)32-33(19(2)3,20(4)5)21(6)7/h13,15,19-24,26-27,31H,1,14,16-18H2,2-12H3/t22?,23?,24-,26+,27?,28?,29?,30?/m0/s1. The van der Waals surface area contributed by atoms with Crippen molar-refractivity contribution in [2.24, 2.45) is 39.9 Å². The van der Waals surface area contributed by atoms with Crippen LogP contribution in [-0.4, -0.2) is 19.5 Å². The fourth-order valence-corrected chi connectivity index (χ4v) is 14.4. The molecule has 3 rings (SSSR count). The van der Waals surface area contributed by atoms with Gasteiger partial charge in [0.1, 0.15) is 0 Å². The highest BCUT2D eigenvalue weighted by Crippen LogP contribution is 2.70. The van der Waals surface area contributed by atoms with Gasteiger partial charge in [0, 0.05) is 11.3 Å². The van der Waals surface area contributed by atoms with Gasteiger partial charge < -0.3 is 9.53 Å². The molecule has 0 aromatic rings. The first kappa shape index (κ1) is 27.1. The van der Waals surface area contributed by atoms with Crippen molar-refractivity contribution in [3.63, 3.8) is 0 Å². The van der Waals surface area contributed by atoms with Crippen LogP contribution < -0.4 is 0 Å². The molecule has 2 bridgehead atoms. The third kappa shape index (κ3) is 3.65. The maximum atomic E-state index is 12.0. The average Bonchev–Trinajstić information content (AvgIpc) is 3.12. The SMILES string of the molecule is C=CC1(C)C[C@@H](O)C2(C)C(C)CCC3(CC=C(O[Si](C(C)C)(C(C)C)C(C)C)C32)[C@@H](C)C1C. The number of hydrogen-bond donors (Lipinski definition) is 1. The summed E-state index contributed by atoms with van der Waals surface area (Å²) in [6.45, 7) is 30.6. The second-order valence-corrected chi connectivity index (χ2v) is 19.1. The summed E-state index contributed by atoms with van der Waals surface area (Å²) in [7, 11) is -2.07.